The molecule has 0 saturated heterocycles. The number of carboxylic acids is 1. The minimum absolute atomic E-state index is 0.291. The fourth-order valence-corrected chi connectivity index (χ4v) is 2.36. The van der Waals surface area contributed by atoms with Crippen LogP contribution in [-0.4, -0.2) is 42.4 Å². The van der Waals surface area contributed by atoms with Crippen molar-refractivity contribution >= 4 is 12.0 Å². The van der Waals surface area contributed by atoms with Crippen LogP contribution < -0.4 is 10.6 Å². The van der Waals surface area contributed by atoms with Crippen LogP contribution in [0.3, 0.4) is 0 Å². The average Bonchev–Trinajstić information content (AvgIpc) is 2.62. The van der Waals surface area contributed by atoms with Crippen molar-refractivity contribution in [3.8, 4) is 0 Å². The van der Waals surface area contributed by atoms with E-state index in [1.165, 1.54) is 0 Å². The number of nitrogens with one attached hydrogen (secondary N) is 2. The number of hydrogen-bond donors (Lipinski definition) is 3. The maximum atomic E-state index is 11.9. The van der Waals surface area contributed by atoms with Gasteiger partial charge in [0.1, 0.15) is 0 Å². The van der Waals surface area contributed by atoms with Crippen molar-refractivity contribution in [3.63, 3.8) is 0 Å². The molecule has 116 valence electrons. The second-order valence-corrected chi connectivity index (χ2v) is 5.98. The highest BCUT2D eigenvalue weighted by Gasteiger charge is 2.30. The number of carbonyl (C=O) groups excluding carboxylic acids is 1. The molecule has 0 heterocycles. The van der Waals surface area contributed by atoms with E-state index in [4.69, 9.17) is 4.74 Å². The van der Waals surface area contributed by atoms with Crippen LogP contribution in [0.25, 0.3) is 0 Å². The summed E-state index contributed by atoms with van der Waals surface area (Å²) in [4.78, 5) is 23.2. The number of aliphatic carboxylic acids is 1. The first-order chi connectivity index (χ1) is 9.35. The fraction of sp³-hybridized carbons (Fsp3) is 0.857. The second-order valence-electron chi connectivity index (χ2n) is 5.98. The molecule has 0 bridgehead atoms. The van der Waals surface area contributed by atoms with Gasteiger partial charge in [0.25, 0.3) is 0 Å². The zero-order valence-corrected chi connectivity index (χ0v) is 12.6. The Labute approximate surface area is 120 Å². The van der Waals surface area contributed by atoms with Gasteiger partial charge >= 0.3 is 12.0 Å². The quantitative estimate of drug-likeness (QED) is 0.672. The number of amides is 2. The van der Waals surface area contributed by atoms with Crippen LogP contribution in [0.5, 0.6) is 0 Å². The summed E-state index contributed by atoms with van der Waals surface area (Å²) < 4.78 is 5.22. The molecule has 1 aliphatic rings. The molecule has 6 nitrogen and oxygen atoms in total. The maximum Gasteiger partial charge on any atom is 0.315 e. The van der Waals surface area contributed by atoms with Crippen molar-refractivity contribution in [1.82, 2.24) is 10.6 Å². The van der Waals surface area contributed by atoms with Crippen LogP contribution >= 0.6 is 0 Å². The lowest BCUT2D eigenvalue weighted by Gasteiger charge is -2.26. The monoisotopic (exact) mass is 286 g/mol. The Hall–Kier alpha value is -1.30. The van der Waals surface area contributed by atoms with Gasteiger partial charge in [0.2, 0.25) is 0 Å². The number of rotatable bonds is 5. The highest BCUT2D eigenvalue weighted by molar-refractivity contribution is 5.76. The van der Waals surface area contributed by atoms with E-state index >= 15 is 0 Å². The third-order valence-electron chi connectivity index (χ3n) is 3.88. The predicted molar refractivity (Wildman–Crippen MR) is 75.6 cm³/mol. The van der Waals surface area contributed by atoms with Crippen LogP contribution in [0.4, 0.5) is 4.79 Å². The Balaban J connectivity index is 2.51. The Morgan fingerprint density at radius 1 is 1.25 bits per heavy atom. The number of carbonyl (C=O) groups is 2. The van der Waals surface area contributed by atoms with Crippen molar-refractivity contribution in [2.75, 3.05) is 13.7 Å². The molecule has 0 aromatic carbocycles. The summed E-state index contributed by atoms with van der Waals surface area (Å²) >= 11 is 0. The van der Waals surface area contributed by atoms with Gasteiger partial charge in [-0.2, -0.15) is 0 Å². The van der Waals surface area contributed by atoms with Gasteiger partial charge < -0.3 is 20.5 Å². The number of carboxylic acid groups (broad SMARTS) is 1. The van der Waals surface area contributed by atoms with Gasteiger partial charge in [-0.25, -0.2) is 4.79 Å². The summed E-state index contributed by atoms with van der Waals surface area (Å²) in [6.45, 7) is 4.12. The van der Waals surface area contributed by atoms with E-state index < -0.39 is 17.5 Å². The molecule has 0 radical (unpaired) electrons. The molecule has 20 heavy (non-hydrogen) atoms. The van der Waals surface area contributed by atoms with Gasteiger partial charge in [-0.3, -0.25) is 4.79 Å². The van der Waals surface area contributed by atoms with Gasteiger partial charge in [-0.15, -0.1) is 0 Å². The summed E-state index contributed by atoms with van der Waals surface area (Å²) in [7, 11) is 1.59. The molecule has 2 atom stereocenters. The Morgan fingerprint density at radius 3 is 2.50 bits per heavy atom. The second kappa shape index (κ2) is 7.47. The molecule has 0 aliphatic heterocycles. The van der Waals surface area contributed by atoms with Crippen molar-refractivity contribution in [3.05, 3.63) is 0 Å². The smallest absolute Gasteiger partial charge is 0.315 e. The van der Waals surface area contributed by atoms with Crippen molar-refractivity contribution < 1.29 is 19.4 Å². The first-order valence-corrected chi connectivity index (χ1v) is 7.18. The number of methoxy groups -OCH3 is 1. The van der Waals surface area contributed by atoms with E-state index in [0.29, 0.717) is 13.0 Å². The molecule has 1 rings (SSSR count). The number of ether oxygens (including phenoxy) is 1. The van der Waals surface area contributed by atoms with Crippen LogP contribution in [0, 0.1) is 5.92 Å². The van der Waals surface area contributed by atoms with Gasteiger partial charge in [0, 0.05) is 19.7 Å². The predicted octanol–water partition coefficient (Wildman–Crippen LogP) is 1.74. The van der Waals surface area contributed by atoms with E-state index in [-0.39, 0.29) is 12.1 Å². The topological polar surface area (TPSA) is 87.7 Å². The Kier molecular flexibility index (Phi) is 6.26. The van der Waals surface area contributed by atoms with Crippen molar-refractivity contribution in [2.24, 2.45) is 5.92 Å². The lowest BCUT2D eigenvalue weighted by molar-refractivity contribution is -0.142. The standard InChI is InChI=1S/C14H26N2O4/c1-14(2,20-3)9-15-13(19)16-11-8-6-4-5-7-10(11)12(17)18/h10-11H,4-9H2,1-3H3,(H,17,18)(H2,15,16,19). The maximum absolute atomic E-state index is 11.9. The normalized spacial score (nSPS) is 23.8. The Bertz CT molecular complexity index is 344. The molecule has 3 N–H and O–H groups in total. The third-order valence-corrected chi connectivity index (χ3v) is 3.88. The Morgan fingerprint density at radius 2 is 1.90 bits per heavy atom. The van der Waals surface area contributed by atoms with Crippen LogP contribution in [0.15, 0.2) is 0 Å². The van der Waals surface area contributed by atoms with Gasteiger partial charge in [-0.1, -0.05) is 19.3 Å². The molecule has 0 aromatic rings. The summed E-state index contributed by atoms with van der Waals surface area (Å²) in [5, 5.41) is 14.8. The lowest BCUT2D eigenvalue weighted by Crippen LogP contribution is -2.50. The van der Waals surface area contributed by atoms with Crippen molar-refractivity contribution in [2.45, 2.75) is 57.6 Å². The fourth-order valence-electron chi connectivity index (χ4n) is 2.36. The summed E-state index contributed by atoms with van der Waals surface area (Å²) in [5.74, 6) is -1.31. The molecule has 1 saturated carbocycles. The van der Waals surface area contributed by atoms with Gasteiger partial charge in [-0.05, 0) is 26.7 Å². The van der Waals surface area contributed by atoms with Crippen LogP contribution in [0.1, 0.15) is 46.0 Å². The van der Waals surface area contributed by atoms with Crippen molar-refractivity contribution in [1.29, 1.82) is 0 Å². The lowest BCUT2D eigenvalue weighted by atomic mass is 9.95. The molecule has 0 spiro atoms. The SMILES string of the molecule is COC(C)(C)CNC(=O)NC1CCCCCC1C(=O)O. The minimum Gasteiger partial charge on any atom is -0.481 e. The molecule has 2 unspecified atom stereocenters. The highest BCUT2D eigenvalue weighted by atomic mass is 16.5. The molecular weight excluding hydrogens is 260 g/mol. The van der Waals surface area contributed by atoms with Crippen LogP contribution in [0.2, 0.25) is 0 Å². The summed E-state index contributed by atoms with van der Waals surface area (Å²) in [6.07, 6.45) is 4.24. The first kappa shape index (κ1) is 16.8. The molecule has 1 aliphatic carbocycles. The number of hydrogen-bond acceptors (Lipinski definition) is 3. The summed E-state index contributed by atoms with van der Waals surface area (Å²) in [5.41, 5.74) is -0.438. The van der Waals surface area contributed by atoms with Gasteiger partial charge in [0.15, 0.2) is 0 Å². The van der Waals surface area contributed by atoms with Crippen LogP contribution in [-0.2, 0) is 9.53 Å². The van der Waals surface area contributed by atoms with Gasteiger partial charge in [0.05, 0.1) is 11.5 Å². The zero-order valence-electron chi connectivity index (χ0n) is 12.6. The van der Waals surface area contributed by atoms with E-state index in [9.17, 15) is 14.7 Å². The van der Waals surface area contributed by atoms with E-state index in [1.54, 1.807) is 7.11 Å². The summed E-state index contributed by atoms with van der Waals surface area (Å²) in [6, 6.07) is -0.617. The molecule has 1 fully saturated rings. The largest absolute Gasteiger partial charge is 0.481 e. The molecular formula is C14H26N2O4. The molecule has 6 heteroatoms. The highest BCUT2D eigenvalue weighted by Crippen LogP contribution is 2.23. The average molecular weight is 286 g/mol. The van der Waals surface area contributed by atoms with E-state index in [0.717, 1.165) is 25.7 Å². The molecule has 2 amide bonds. The minimum atomic E-state index is -0.825. The zero-order chi connectivity index (χ0) is 15.2. The first-order valence-electron chi connectivity index (χ1n) is 7.18. The van der Waals surface area contributed by atoms with E-state index in [2.05, 4.69) is 10.6 Å². The molecule has 0 aromatic heterocycles. The third kappa shape index (κ3) is 5.36. The number of urea groups is 1. The van der Waals surface area contributed by atoms with E-state index in [1.807, 2.05) is 13.8 Å².